The number of nitrogens with zero attached hydrogens (tertiary/aromatic N) is 7. The Labute approximate surface area is 414 Å². The molecule has 0 spiro atoms. The third kappa shape index (κ3) is 9.62. The molecule has 1 aliphatic rings. The molecular weight excluding hydrogens is 918 g/mol. The van der Waals surface area contributed by atoms with E-state index in [1.165, 1.54) is 12.7 Å². The third-order valence-electron chi connectivity index (χ3n) is 13.2. The lowest BCUT2D eigenvalue weighted by molar-refractivity contribution is -0.0980. The fourth-order valence-corrected chi connectivity index (χ4v) is 13.2. The van der Waals surface area contributed by atoms with Gasteiger partial charge in [0.1, 0.15) is 35.6 Å². The molecule has 3 heterocycles. The molecule has 71 heavy (non-hydrogen) atoms. The highest BCUT2D eigenvalue weighted by atomic mass is 31.2. The van der Waals surface area contributed by atoms with Crippen molar-refractivity contribution in [2.45, 2.75) is 75.5 Å². The van der Waals surface area contributed by atoms with Crippen molar-refractivity contribution in [1.82, 2.24) is 24.2 Å². The topological polar surface area (TPSA) is 171 Å². The first-order chi connectivity index (χ1) is 34.4. The van der Waals surface area contributed by atoms with Gasteiger partial charge in [0.05, 0.1) is 39.3 Å². The molecule has 366 valence electrons. The van der Waals surface area contributed by atoms with Gasteiger partial charge in [0.2, 0.25) is 0 Å². The molecule has 0 radical (unpaired) electrons. The number of fused-ring (bicyclic) bond motifs is 1. The highest BCUT2D eigenvalue weighted by molar-refractivity contribution is 7.62. The van der Waals surface area contributed by atoms with Crippen LogP contribution in [0.15, 0.2) is 152 Å². The maximum Gasteiger partial charge on any atom is 0.266 e. The minimum atomic E-state index is -3.37. The van der Waals surface area contributed by atoms with Crippen molar-refractivity contribution in [2.75, 3.05) is 39.4 Å². The molecule has 0 unspecified atom stereocenters. The zero-order valence-electron chi connectivity index (χ0n) is 40.9. The van der Waals surface area contributed by atoms with Crippen LogP contribution in [0.2, 0.25) is 0 Å². The summed E-state index contributed by atoms with van der Waals surface area (Å²) >= 11 is 0. The first-order valence-electron chi connectivity index (χ1n) is 23.5. The number of nitriles is 1. The smallest absolute Gasteiger partial charge is 0.266 e. The van der Waals surface area contributed by atoms with E-state index in [4.69, 9.17) is 33.7 Å². The molecule has 2 amide bonds. The largest absolute Gasteiger partial charge is 0.497 e. The standard InChI is InChI=1S/C55H58N7O8P/c1-37(2)71(65,38(3)4)61(33-17-32-56)48-49(68-7)46(34-69-55(41-22-15-10-16-23-41,42-24-28-44(66-5)29-25-42)43-26-30-45(67-6)31-27-43)70-54(48)60-36-59-47-50(60)57-35-58-51(47)62(52(63)39-18-11-8-12-19-39)53(64)40-20-13-9-14-21-40/h8-16,18-31,35-38,46,48-49,54H,17,33-34H2,1-7H3/t46-,48-,49+,54-/m1/s1. The summed E-state index contributed by atoms with van der Waals surface area (Å²) in [6, 6.07) is 43.7. The molecule has 0 saturated carbocycles. The lowest BCUT2D eigenvalue weighted by Crippen LogP contribution is -2.49. The average Bonchev–Trinajstić information content (AvgIpc) is 4.01. The Morgan fingerprint density at radius 2 is 1.24 bits per heavy atom. The zero-order valence-corrected chi connectivity index (χ0v) is 41.8. The third-order valence-corrected chi connectivity index (χ3v) is 17.4. The Morgan fingerprint density at radius 3 is 1.72 bits per heavy atom. The van der Waals surface area contributed by atoms with Crippen LogP contribution in [0, 0.1) is 11.3 Å². The average molecular weight is 976 g/mol. The van der Waals surface area contributed by atoms with Crippen molar-refractivity contribution < 1.29 is 37.8 Å². The first-order valence-corrected chi connectivity index (χ1v) is 25.3. The Balaban J connectivity index is 1.30. The number of methoxy groups -OCH3 is 3. The molecule has 2 aromatic heterocycles. The molecule has 0 bridgehead atoms. The summed E-state index contributed by atoms with van der Waals surface area (Å²) in [6.07, 6.45) is 0.167. The number of carbonyl (C=O) groups excluding carboxylic acids is 2. The zero-order chi connectivity index (χ0) is 50.3. The lowest BCUT2D eigenvalue weighted by Gasteiger charge is -2.43. The van der Waals surface area contributed by atoms with Crippen LogP contribution in [0.4, 0.5) is 5.82 Å². The minimum Gasteiger partial charge on any atom is -0.497 e. The number of imide groups is 1. The van der Waals surface area contributed by atoms with Crippen LogP contribution in [-0.2, 0) is 24.4 Å². The summed E-state index contributed by atoms with van der Waals surface area (Å²) in [7, 11) is 1.45. The molecule has 5 aromatic carbocycles. The van der Waals surface area contributed by atoms with Gasteiger partial charge in [-0.15, -0.1) is 0 Å². The first kappa shape index (κ1) is 50.3. The molecule has 0 aliphatic carbocycles. The number of ether oxygens (including phenoxy) is 5. The number of hydrogen-bond acceptors (Lipinski definition) is 12. The van der Waals surface area contributed by atoms with E-state index < -0.39 is 49.2 Å². The van der Waals surface area contributed by atoms with E-state index in [-0.39, 0.29) is 59.0 Å². The summed E-state index contributed by atoms with van der Waals surface area (Å²) < 4.78 is 51.8. The van der Waals surface area contributed by atoms with Gasteiger partial charge < -0.3 is 28.2 Å². The van der Waals surface area contributed by atoms with E-state index in [9.17, 15) is 14.9 Å². The summed E-state index contributed by atoms with van der Waals surface area (Å²) in [5.41, 5.74) is 1.43. The molecule has 7 aromatic rings. The molecule has 1 aliphatic heterocycles. The Hall–Kier alpha value is -7.05. The van der Waals surface area contributed by atoms with Gasteiger partial charge >= 0.3 is 0 Å². The number of imidazole rings is 1. The predicted octanol–water partition coefficient (Wildman–Crippen LogP) is 9.93. The van der Waals surface area contributed by atoms with Crippen LogP contribution in [0.25, 0.3) is 11.2 Å². The Bertz CT molecular complexity index is 2890. The van der Waals surface area contributed by atoms with Gasteiger partial charge in [-0.1, -0.05) is 119 Å². The minimum absolute atomic E-state index is 0.0443. The van der Waals surface area contributed by atoms with E-state index in [2.05, 4.69) is 11.1 Å². The van der Waals surface area contributed by atoms with Crippen molar-refractivity contribution in [2.24, 2.45) is 0 Å². The number of aromatic nitrogens is 4. The van der Waals surface area contributed by atoms with Gasteiger partial charge in [0.25, 0.3) is 11.8 Å². The number of carbonyl (C=O) groups is 2. The van der Waals surface area contributed by atoms with Gasteiger partial charge in [-0.2, -0.15) is 5.26 Å². The molecule has 4 atom stereocenters. The maximum absolute atomic E-state index is 15.8. The summed E-state index contributed by atoms with van der Waals surface area (Å²) in [4.78, 5) is 44.0. The number of anilines is 1. The van der Waals surface area contributed by atoms with Crippen LogP contribution in [0.3, 0.4) is 0 Å². The quantitative estimate of drug-likeness (QED) is 0.0426. The van der Waals surface area contributed by atoms with E-state index in [0.717, 1.165) is 21.6 Å². The van der Waals surface area contributed by atoms with Crippen LogP contribution in [-0.4, -0.2) is 100 Å². The highest BCUT2D eigenvalue weighted by Gasteiger charge is 2.55. The fourth-order valence-electron chi connectivity index (χ4n) is 9.73. The van der Waals surface area contributed by atoms with E-state index >= 15 is 4.57 Å². The van der Waals surface area contributed by atoms with E-state index in [0.29, 0.717) is 11.5 Å². The number of amides is 2. The van der Waals surface area contributed by atoms with Crippen molar-refractivity contribution in [3.63, 3.8) is 0 Å². The summed E-state index contributed by atoms with van der Waals surface area (Å²) in [6.45, 7) is 7.79. The lowest BCUT2D eigenvalue weighted by atomic mass is 9.80. The fraction of sp³-hybridized carbons (Fsp3) is 0.309. The normalized spacial score (nSPS) is 17.1. The van der Waals surface area contributed by atoms with Crippen LogP contribution in [0.1, 0.15) is 77.8 Å². The molecule has 1 fully saturated rings. The van der Waals surface area contributed by atoms with Crippen molar-refractivity contribution in [1.29, 1.82) is 5.26 Å². The van der Waals surface area contributed by atoms with Gasteiger partial charge in [-0.25, -0.2) is 24.5 Å². The SMILES string of the molecule is COc1ccc(C(OC[C@H]2O[C@@H](n3cnc4c(N(C(=O)c5ccccc5)C(=O)c5ccccc5)ncnc43)[C@H](N(CCC#N)P(=O)(C(C)C)C(C)C)[C@H]2OC)(c2ccccc2)c2ccc(OC)cc2)cc1. The van der Waals surface area contributed by atoms with E-state index in [1.54, 1.807) is 86.6 Å². The predicted molar refractivity (Wildman–Crippen MR) is 271 cm³/mol. The van der Waals surface area contributed by atoms with Crippen molar-refractivity contribution in [3.8, 4) is 17.6 Å². The maximum atomic E-state index is 15.8. The van der Waals surface area contributed by atoms with Gasteiger partial charge in [-0.05, 0) is 65.2 Å². The second-order valence-corrected chi connectivity index (χ2v) is 21.6. The monoisotopic (exact) mass is 975 g/mol. The Morgan fingerprint density at radius 1 is 0.732 bits per heavy atom. The second kappa shape index (κ2) is 21.9. The van der Waals surface area contributed by atoms with Crippen LogP contribution in [0.5, 0.6) is 11.5 Å². The highest BCUT2D eigenvalue weighted by Crippen LogP contribution is 2.61. The second-order valence-electron chi connectivity index (χ2n) is 17.7. The van der Waals surface area contributed by atoms with Crippen LogP contribution >= 0.6 is 7.29 Å². The van der Waals surface area contributed by atoms with Crippen LogP contribution < -0.4 is 14.4 Å². The van der Waals surface area contributed by atoms with Gasteiger partial charge in [0, 0.05) is 42.5 Å². The number of rotatable bonds is 19. The Kier molecular flexibility index (Phi) is 15.6. The van der Waals surface area contributed by atoms with Crippen molar-refractivity contribution in [3.05, 3.63) is 180 Å². The molecule has 16 heteroatoms. The van der Waals surface area contributed by atoms with Crippen molar-refractivity contribution >= 4 is 36.1 Å². The van der Waals surface area contributed by atoms with Gasteiger partial charge in [-0.3, -0.25) is 14.2 Å². The summed E-state index contributed by atoms with van der Waals surface area (Å²) in [5, 5.41) is 10.1. The summed E-state index contributed by atoms with van der Waals surface area (Å²) in [5.74, 6) is 0.0616. The van der Waals surface area contributed by atoms with Gasteiger partial charge in [0.15, 0.2) is 30.5 Å². The molecule has 0 N–H and O–H groups in total. The molecular formula is C55H58N7O8P. The van der Waals surface area contributed by atoms with E-state index in [1.807, 2.05) is 111 Å². The number of benzene rings is 5. The molecule has 1 saturated heterocycles. The molecule has 15 nitrogen and oxygen atoms in total. The number of hydrogen-bond donors (Lipinski definition) is 0. The molecule has 8 rings (SSSR count).